The van der Waals surface area contributed by atoms with Crippen molar-refractivity contribution in [2.45, 2.75) is 25.5 Å². The first-order valence-electron chi connectivity index (χ1n) is 7.14. The van der Waals surface area contributed by atoms with E-state index < -0.39 is 23.8 Å². The fourth-order valence-corrected chi connectivity index (χ4v) is 2.73. The second kappa shape index (κ2) is 6.16. The van der Waals surface area contributed by atoms with Crippen LogP contribution in [0.3, 0.4) is 0 Å². The quantitative estimate of drug-likeness (QED) is 0.925. The van der Waals surface area contributed by atoms with Crippen LogP contribution >= 0.6 is 11.6 Å². The lowest BCUT2D eigenvalue weighted by atomic mass is 10.1. The molecule has 23 heavy (non-hydrogen) atoms. The van der Waals surface area contributed by atoms with E-state index in [1.165, 1.54) is 6.07 Å². The number of nitrogens with one attached hydrogen (secondary N) is 1. The predicted molar refractivity (Wildman–Crippen MR) is 82.5 cm³/mol. The summed E-state index contributed by atoms with van der Waals surface area (Å²) >= 11 is 5.92. The van der Waals surface area contributed by atoms with Gasteiger partial charge < -0.3 is 10.1 Å². The molecule has 3 nitrogen and oxygen atoms in total. The van der Waals surface area contributed by atoms with Gasteiger partial charge in [-0.3, -0.25) is 4.79 Å². The van der Waals surface area contributed by atoms with Crippen LogP contribution in [-0.2, 0) is 11.2 Å². The fourth-order valence-electron chi connectivity index (χ4n) is 2.53. The summed E-state index contributed by atoms with van der Waals surface area (Å²) in [5.74, 6) is -1.54. The van der Waals surface area contributed by atoms with Crippen LogP contribution in [0.2, 0.25) is 5.02 Å². The van der Waals surface area contributed by atoms with Crippen molar-refractivity contribution in [3.8, 4) is 5.75 Å². The number of amides is 1. The van der Waals surface area contributed by atoms with Crippen LogP contribution in [0.1, 0.15) is 24.1 Å². The summed E-state index contributed by atoms with van der Waals surface area (Å²) < 4.78 is 31.8. The molecule has 1 N–H and O–H groups in total. The zero-order chi connectivity index (χ0) is 16.6. The Morgan fingerprint density at radius 2 is 2.04 bits per heavy atom. The highest BCUT2D eigenvalue weighted by Gasteiger charge is 2.30. The second-order valence-electron chi connectivity index (χ2n) is 5.47. The smallest absolute Gasteiger partial charge is 0.261 e. The molecule has 1 aliphatic rings. The first-order valence-corrected chi connectivity index (χ1v) is 7.52. The van der Waals surface area contributed by atoms with Crippen LogP contribution in [0.5, 0.6) is 5.75 Å². The minimum Gasteiger partial charge on any atom is -0.480 e. The number of hydrogen-bond donors (Lipinski definition) is 1. The predicted octanol–water partition coefficient (Wildman–Crippen LogP) is 3.80. The average Bonchev–Trinajstić information content (AvgIpc) is 2.93. The van der Waals surface area contributed by atoms with Crippen molar-refractivity contribution in [1.82, 2.24) is 5.32 Å². The lowest BCUT2D eigenvalue weighted by Gasteiger charge is -2.17. The number of hydrogen-bond acceptors (Lipinski definition) is 2. The number of fused-ring (bicyclic) bond motifs is 1. The highest BCUT2D eigenvalue weighted by atomic mass is 35.5. The van der Waals surface area contributed by atoms with Gasteiger partial charge in [0.1, 0.15) is 5.75 Å². The summed E-state index contributed by atoms with van der Waals surface area (Å²) in [6.45, 7) is 1.70. The summed E-state index contributed by atoms with van der Waals surface area (Å²) in [7, 11) is 0. The molecule has 0 saturated heterocycles. The van der Waals surface area contributed by atoms with Gasteiger partial charge in [0.2, 0.25) is 0 Å². The summed E-state index contributed by atoms with van der Waals surface area (Å²) in [5.41, 5.74) is 1.36. The van der Waals surface area contributed by atoms with E-state index in [2.05, 4.69) is 5.32 Å². The van der Waals surface area contributed by atoms with Gasteiger partial charge in [0.05, 0.1) is 6.04 Å². The Balaban J connectivity index is 1.67. The first kappa shape index (κ1) is 15.7. The second-order valence-corrected chi connectivity index (χ2v) is 5.90. The average molecular weight is 338 g/mol. The topological polar surface area (TPSA) is 38.3 Å². The van der Waals surface area contributed by atoms with Crippen LogP contribution in [0.25, 0.3) is 0 Å². The third-order valence-corrected chi connectivity index (χ3v) is 4.03. The van der Waals surface area contributed by atoms with Crippen molar-refractivity contribution in [3.05, 3.63) is 64.2 Å². The molecular weight excluding hydrogens is 324 g/mol. The number of carbonyl (C=O) groups is 1. The molecule has 3 rings (SSSR count). The standard InChI is InChI=1S/C17H14ClF2NO2/c1-9(10-2-4-13(19)14(20)7-10)21-17(22)16-8-11-6-12(18)3-5-15(11)23-16/h2-7,9,16H,8H2,1H3,(H,21,22)/t9-,16-/m1/s1. The number of benzene rings is 2. The number of rotatable bonds is 3. The number of ether oxygens (including phenoxy) is 1. The van der Waals surface area contributed by atoms with Crippen LogP contribution in [0, 0.1) is 11.6 Å². The van der Waals surface area contributed by atoms with Gasteiger partial charge in [-0.2, -0.15) is 0 Å². The molecule has 0 unspecified atom stereocenters. The lowest BCUT2D eigenvalue weighted by molar-refractivity contribution is -0.127. The summed E-state index contributed by atoms with van der Waals surface area (Å²) in [4.78, 5) is 12.3. The van der Waals surface area contributed by atoms with E-state index in [1.54, 1.807) is 25.1 Å². The Kier molecular flexibility index (Phi) is 4.22. The van der Waals surface area contributed by atoms with E-state index in [0.29, 0.717) is 22.8 Å². The summed E-state index contributed by atoms with van der Waals surface area (Å²) in [5, 5.41) is 3.33. The van der Waals surface area contributed by atoms with Crippen LogP contribution in [0.4, 0.5) is 8.78 Å². The van der Waals surface area contributed by atoms with Gasteiger partial charge in [-0.1, -0.05) is 17.7 Å². The van der Waals surface area contributed by atoms with Crippen molar-refractivity contribution in [2.75, 3.05) is 0 Å². The molecule has 2 atom stereocenters. The van der Waals surface area contributed by atoms with E-state index >= 15 is 0 Å². The lowest BCUT2D eigenvalue weighted by Crippen LogP contribution is -2.38. The SMILES string of the molecule is C[C@@H](NC(=O)[C@H]1Cc2cc(Cl)ccc2O1)c1ccc(F)c(F)c1. The van der Waals surface area contributed by atoms with Gasteiger partial charge >= 0.3 is 0 Å². The Labute approximate surface area is 137 Å². The normalized spacial score (nSPS) is 17.3. The molecule has 2 aromatic rings. The highest BCUT2D eigenvalue weighted by Crippen LogP contribution is 2.31. The van der Waals surface area contributed by atoms with E-state index in [0.717, 1.165) is 17.7 Å². The van der Waals surface area contributed by atoms with Gasteiger partial charge in [-0.05, 0) is 48.4 Å². The molecule has 1 aliphatic heterocycles. The number of halogens is 3. The van der Waals surface area contributed by atoms with Crippen LogP contribution in [-0.4, -0.2) is 12.0 Å². The van der Waals surface area contributed by atoms with Crippen LogP contribution in [0.15, 0.2) is 36.4 Å². The maximum absolute atomic E-state index is 13.3. The molecule has 2 aromatic carbocycles. The fraction of sp³-hybridized carbons (Fsp3) is 0.235. The van der Waals surface area contributed by atoms with Gasteiger partial charge in [0, 0.05) is 11.4 Å². The maximum atomic E-state index is 13.3. The summed E-state index contributed by atoms with van der Waals surface area (Å²) in [6, 6.07) is 8.28. The van der Waals surface area contributed by atoms with Crippen LogP contribution < -0.4 is 10.1 Å². The molecule has 0 fully saturated rings. The molecule has 0 radical (unpaired) electrons. The molecule has 0 aliphatic carbocycles. The molecule has 0 saturated carbocycles. The van der Waals surface area contributed by atoms with Crippen molar-refractivity contribution < 1.29 is 18.3 Å². The van der Waals surface area contributed by atoms with Crippen molar-refractivity contribution in [3.63, 3.8) is 0 Å². The van der Waals surface area contributed by atoms with Crippen molar-refractivity contribution >= 4 is 17.5 Å². The molecule has 1 amide bonds. The summed E-state index contributed by atoms with van der Waals surface area (Å²) in [6.07, 6.45) is -0.233. The Bertz CT molecular complexity index is 766. The zero-order valence-electron chi connectivity index (χ0n) is 12.3. The largest absolute Gasteiger partial charge is 0.480 e. The van der Waals surface area contributed by atoms with E-state index in [-0.39, 0.29) is 5.91 Å². The van der Waals surface area contributed by atoms with Gasteiger partial charge in [0.25, 0.3) is 5.91 Å². The minimum atomic E-state index is -0.942. The molecule has 6 heteroatoms. The van der Waals surface area contributed by atoms with Gasteiger partial charge in [-0.25, -0.2) is 8.78 Å². The Hall–Kier alpha value is -2.14. The zero-order valence-corrected chi connectivity index (χ0v) is 13.0. The molecule has 0 aromatic heterocycles. The molecule has 120 valence electrons. The third kappa shape index (κ3) is 3.29. The highest BCUT2D eigenvalue weighted by molar-refractivity contribution is 6.30. The molecule has 0 bridgehead atoms. The molecule has 1 heterocycles. The maximum Gasteiger partial charge on any atom is 0.261 e. The Morgan fingerprint density at radius 1 is 1.26 bits per heavy atom. The van der Waals surface area contributed by atoms with E-state index in [9.17, 15) is 13.6 Å². The minimum absolute atomic E-state index is 0.311. The van der Waals surface area contributed by atoms with Crippen molar-refractivity contribution in [1.29, 1.82) is 0 Å². The monoisotopic (exact) mass is 337 g/mol. The van der Waals surface area contributed by atoms with E-state index in [1.807, 2.05) is 0 Å². The molecule has 0 spiro atoms. The van der Waals surface area contributed by atoms with Crippen molar-refractivity contribution in [2.24, 2.45) is 0 Å². The van der Waals surface area contributed by atoms with Gasteiger partial charge in [-0.15, -0.1) is 0 Å². The third-order valence-electron chi connectivity index (χ3n) is 3.79. The Morgan fingerprint density at radius 3 is 2.78 bits per heavy atom. The van der Waals surface area contributed by atoms with E-state index in [4.69, 9.17) is 16.3 Å². The van der Waals surface area contributed by atoms with Gasteiger partial charge in [0.15, 0.2) is 17.7 Å². The molecular formula is C17H14ClF2NO2. The number of carbonyl (C=O) groups excluding carboxylic acids is 1. The first-order chi connectivity index (χ1) is 10.9.